The smallest absolute Gasteiger partial charge is 0.135 e. The lowest BCUT2D eigenvalue weighted by Crippen LogP contribution is -2.06. The Morgan fingerprint density at radius 3 is 2.74 bits per heavy atom. The van der Waals surface area contributed by atoms with Crippen LogP contribution in [-0.2, 0) is 19.9 Å². The molecular formula is C18H21N5. The monoisotopic (exact) mass is 307 g/mol. The quantitative estimate of drug-likeness (QED) is 0.682. The molecule has 0 saturated heterocycles. The lowest BCUT2D eigenvalue weighted by atomic mass is 10.1. The van der Waals surface area contributed by atoms with E-state index in [1.165, 1.54) is 11.1 Å². The molecule has 5 heteroatoms. The molecule has 0 saturated carbocycles. The first kappa shape index (κ1) is 15.2. The standard InChI is InChI=1S/C18H21N5/c1-23-14-16(13-21-23)8-5-10-19-17-9-11-20-18(22-17)12-15-6-3-2-4-7-15/h2-4,6-7,9,11,13-14H,5,8,10,12H2,1H3,(H,19,20,22). The van der Waals surface area contributed by atoms with Crippen LogP contribution in [0.15, 0.2) is 55.0 Å². The zero-order valence-electron chi connectivity index (χ0n) is 13.3. The van der Waals surface area contributed by atoms with Crippen molar-refractivity contribution in [2.24, 2.45) is 7.05 Å². The van der Waals surface area contributed by atoms with E-state index in [9.17, 15) is 0 Å². The van der Waals surface area contributed by atoms with Crippen LogP contribution in [-0.4, -0.2) is 26.3 Å². The van der Waals surface area contributed by atoms with Crippen molar-refractivity contribution in [2.45, 2.75) is 19.3 Å². The minimum absolute atomic E-state index is 0.756. The Labute approximate surface area is 136 Å². The molecule has 118 valence electrons. The first-order valence-electron chi connectivity index (χ1n) is 7.87. The van der Waals surface area contributed by atoms with Gasteiger partial charge in [0.05, 0.1) is 6.20 Å². The molecule has 3 rings (SSSR count). The van der Waals surface area contributed by atoms with Crippen LogP contribution >= 0.6 is 0 Å². The molecule has 3 aromatic rings. The van der Waals surface area contributed by atoms with Crippen LogP contribution in [0, 0.1) is 0 Å². The highest BCUT2D eigenvalue weighted by Gasteiger charge is 2.01. The van der Waals surface area contributed by atoms with E-state index in [-0.39, 0.29) is 0 Å². The first-order chi connectivity index (χ1) is 11.3. The van der Waals surface area contributed by atoms with Crippen LogP contribution in [0.5, 0.6) is 0 Å². The summed E-state index contributed by atoms with van der Waals surface area (Å²) in [4.78, 5) is 8.93. The summed E-state index contributed by atoms with van der Waals surface area (Å²) < 4.78 is 1.84. The van der Waals surface area contributed by atoms with E-state index in [2.05, 4.69) is 38.7 Å². The van der Waals surface area contributed by atoms with Crippen molar-refractivity contribution < 1.29 is 0 Å². The summed E-state index contributed by atoms with van der Waals surface area (Å²) in [6, 6.07) is 12.2. The largest absolute Gasteiger partial charge is 0.370 e. The SMILES string of the molecule is Cn1cc(CCCNc2ccnc(Cc3ccccc3)n2)cn1. The van der Waals surface area contributed by atoms with Gasteiger partial charge in [-0.25, -0.2) is 9.97 Å². The molecule has 0 atom stereocenters. The van der Waals surface area contributed by atoms with Gasteiger partial charge in [0.25, 0.3) is 0 Å². The van der Waals surface area contributed by atoms with E-state index in [1.807, 2.05) is 48.4 Å². The molecule has 2 aromatic heterocycles. The van der Waals surface area contributed by atoms with Crippen molar-refractivity contribution in [2.75, 3.05) is 11.9 Å². The Bertz CT molecular complexity index is 736. The predicted molar refractivity (Wildman–Crippen MR) is 91.3 cm³/mol. The zero-order valence-corrected chi connectivity index (χ0v) is 13.3. The van der Waals surface area contributed by atoms with Crippen molar-refractivity contribution in [1.29, 1.82) is 0 Å². The summed E-state index contributed by atoms with van der Waals surface area (Å²) in [5.74, 6) is 1.73. The van der Waals surface area contributed by atoms with Crippen LogP contribution in [0.1, 0.15) is 23.4 Å². The van der Waals surface area contributed by atoms with Crippen molar-refractivity contribution in [3.8, 4) is 0 Å². The maximum atomic E-state index is 4.58. The van der Waals surface area contributed by atoms with Crippen LogP contribution in [0.2, 0.25) is 0 Å². The molecule has 0 aliphatic rings. The van der Waals surface area contributed by atoms with E-state index in [0.717, 1.165) is 37.4 Å². The second kappa shape index (κ2) is 7.54. The molecule has 0 fully saturated rings. The van der Waals surface area contributed by atoms with Gasteiger partial charge in [-0.2, -0.15) is 5.10 Å². The summed E-state index contributed by atoms with van der Waals surface area (Å²) >= 11 is 0. The summed E-state index contributed by atoms with van der Waals surface area (Å²) in [6.45, 7) is 0.886. The van der Waals surface area contributed by atoms with E-state index in [4.69, 9.17) is 0 Å². The lowest BCUT2D eigenvalue weighted by molar-refractivity contribution is 0.765. The average Bonchev–Trinajstić information content (AvgIpc) is 2.98. The Kier molecular flexibility index (Phi) is 4.99. The van der Waals surface area contributed by atoms with Crippen molar-refractivity contribution in [3.63, 3.8) is 0 Å². The number of benzene rings is 1. The number of rotatable bonds is 7. The van der Waals surface area contributed by atoms with Gasteiger partial charge in [-0.1, -0.05) is 30.3 Å². The fourth-order valence-electron chi connectivity index (χ4n) is 2.47. The van der Waals surface area contributed by atoms with E-state index in [0.29, 0.717) is 0 Å². The molecule has 23 heavy (non-hydrogen) atoms. The van der Waals surface area contributed by atoms with Crippen molar-refractivity contribution in [1.82, 2.24) is 19.7 Å². The number of hydrogen-bond donors (Lipinski definition) is 1. The van der Waals surface area contributed by atoms with Crippen LogP contribution < -0.4 is 5.32 Å². The van der Waals surface area contributed by atoms with Crippen molar-refractivity contribution >= 4 is 5.82 Å². The minimum Gasteiger partial charge on any atom is -0.370 e. The number of anilines is 1. The number of aryl methyl sites for hydroxylation is 2. The molecule has 1 aromatic carbocycles. The molecule has 0 bridgehead atoms. The molecule has 0 spiro atoms. The summed E-state index contributed by atoms with van der Waals surface area (Å²) in [6.07, 6.45) is 8.61. The van der Waals surface area contributed by atoms with Crippen LogP contribution in [0.3, 0.4) is 0 Å². The molecule has 0 unspecified atom stereocenters. The molecule has 0 aliphatic heterocycles. The van der Waals surface area contributed by atoms with Gasteiger partial charge < -0.3 is 5.32 Å². The Morgan fingerprint density at radius 2 is 1.96 bits per heavy atom. The topological polar surface area (TPSA) is 55.6 Å². The fraction of sp³-hybridized carbons (Fsp3) is 0.278. The van der Waals surface area contributed by atoms with Gasteiger partial charge >= 0.3 is 0 Å². The maximum absolute atomic E-state index is 4.58. The van der Waals surface area contributed by atoms with Gasteiger partial charge in [0.15, 0.2) is 0 Å². The molecule has 0 radical (unpaired) electrons. The third-order valence-corrected chi connectivity index (χ3v) is 3.62. The number of hydrogen-bond acceptors (Lipinski definition) is 4. The van der Waals surface area contributed by atoms with Gasteiger partial charge in [0.1, 0.15) is 11.6 Å². The molecular weight excluding hydrogens is 286 g/mol. The highest BCUT2D eigenvalue weighted by atomic mass is 15.2. The maximum Gasteiger partial charge on any atom is 0.135 e. The Balaban J connectivity index is 1.49. The first-order valence-corrected chi connectivity index (χ1v) is 7.87. The predicted octanol–water partition coefficient (Wildman–Crippen LogP) is 2.85. The second-order valence-corrected chi connectivity index (χ2v) is 5.57. The van der Waals surface area contributed by atoms with Gasteiger partial charge in [-0.05, 0) is 30.0 Å². The third-order valence-electron chi connectivity index (χ3n) is 3.62. The zero-order chi connectivity index (χ0) is 15.9. The Hall–Kier alpha value is -2.69. The van der Waals surface area contributed by atoms with E-state index in [1.54, 1.807) is 0 Å². The highest BCUT2D eigenvalue weighted by Crippen LogP contribution is 2.08. The average molecular weight is 307 g/mol. The molecule has 5 nitrogen and oxygen atoms in total. The summed E-state index contributed by atoms with van der Waals surface area (Å²) in [5, 5.41) is 7.55. The second-order valence-electron chi connectivity index (χ2n) is 5.57. The number of aromatic nitrogens is 4. The van der Waals surface area contributed by atoms with Crippen molar-refractivity contribution in [3.05, 3.63) is 71.9 Å². The van der Waals surface area contributed by atoms with Gasteiger partial charge in [-0.15, -0.1) is 0 Å². The minimum atomic E-state index is 0.756. The third kappa shape index (κ3) is 4.64. The Morgan fingerprint density at radius 1 is 1.09 bits per heavy atom. The van der Waals surface area contributed by atoms with E-state index >= 15 is 0 Å². The summed E-state index contributed by atoms with van der Waals surface area (Å²) in [5.41, 5.74) is 2.49. The molecule has 0 amide bonds. The number of nitrogens with zero attached hydrogens (tertiary/aromatic N) is 4. The molecule has 2 heterocycles. The van der Waals surface area contributed by atoms with Gasteiger partial charge in [0.2, 0.25) is 0 Å². The fourth-order valence-corrected chi connectivity index (χ4v) is 2.47. The van der Waals surface area contributed by atoms with Crippen LogP contribution in [0.25, 0.3) is 0 Å². The van der Waals surface area contributed by atoms with Crippen LogP contribution in [0.4, 0.5) is 5.82 Å². The molecule has 0 aliphatic carbocycles. The summed E-state index contributed by atoms with van der Waals surface area (Å²) in [7, 11) is 1.94. The highest BCUT2D eigenvalue weighted by molar-refractivity contribution is 5.33. The molecule has 1 N–H and O–H groups in total. The van der Waals surface area contributed by atoms with E-state index < -0.39 is 0 Å². The number of nitrogens with one attached hydrogen (secondary N) is 1. The normalized spacial score (nSPS) is 10.7. The lowest BCUT2D eigenvalue weighted by Gasteiger charge is -2.06. The van der Waals surface area contributed by atoms with Gasteiger partial charge in [-0.3, -0.25) is 4.68 Å². The van der Waals surface area contributed by atoms with Gasteiger partial charge in [0, 0.05) is 32.4 Å².